The lowest BCUT2D eigenvalue weighted by Crippen LogP contribution is -2.50. The van der Waals surface area contributed by atoms with E-state index in [1.54, 1.807) is 6.07 Å². The van der Waals surface area contributed by atoms with Crippen molar-refractivity contribution in [2.45, 2.75) is 57.4 Å². The SMILES string of the molecule is CC(C)c1nn(-c2noc(C3CCN(C4CCN(C(=O)CN(C)C)CC4)CC3)n2)c2c(F)cccc12. The van der Waals surface area contributed by atoms with Crippen molar-refractivity contribution < 1.29 is 13.7 Å². The lowest BCUT2D eigenvalue weighted by molar-refractivity contribution is -0.133. The average molecular weight is 498 g/mol. The summed E-state index contributed by atoms with van der Waals surface area (Å²) in [5.41, 5.74) is 1.21. The van der Waals surface area contributed by atoms with Crippen molar-refractivity contribution in [1.82, 2.24) is 34.6 Å². The van der Waals surface area contributed by atoms with Gasteiger partial charge in [0.15, 0.2) is 0 Å². The number of fused-ring (bicyclic) bond motifs is 1. The largest absolute Gasteiger partial charge is 0.341 e. The Morgan fingerprint density at radius 2 is 1.86 bits per heavy atom. The second-order valence-electron chi connectivity index (χ2n) is 10.7. The summed E-state index contributed by atoms with van der Waals surface area (Å²) in [5, 5.41) is 9.59. The van der Waals surface area contributed by atoms with E-state index in [0.717, 1.165) is 62.9 Å². The molecule has 3 aromatic rings. The third-order valence-electron chi connectivity index (χ3n) is 7.51. The molecule has 0 N–H and O–H groups in total. The monoisotopic (exact) mass is 497 g/mol. The Balaban J connectivity index is 1.22. The summed E-state index contributed by atoms with van der Waals surface area (Å²) in [6.45, 7) is 8.15. The molecule has 2 aliphatic rings. The number of halogens is 1. The van der Waals surface area contributed by atoms with E-state index >= 15 is 0 Å². The van der Waals surface area contributed by atoms with Crippen molar-refractivity contribution in [3.8, 4) is 5.95 Å². The molecule has 10 heteroatoms. The van der Waals surface area contributed by atoms with E-state index in [0.29, 0.717) is 24.0 Å². The van der Waals surface area contributed by atoms with Crippen LogP contribution in [0.5, 0.6) is 0 Å². The van der Waals surface area contributed by atoms with Crippen LogP contribution >= 0.6 is 0 Å². The number of amides is 1. The standard InChI is InChI=1S/C26H36FN7O2/c1-17(2)23-20-6-5-7-21(27)24(20)34(29-23)26-28-25(36-30-26)18-8-12-32(13-9-18)19-10-14-33(15-11-19)22(35)16-31(3)4/h5-7,17-19H,8-16H2,1-4H3. The first-order valence-corrected chi connectivity index (χ1v) is 13.0. The number of aromatic nitrogens is 4. The van der Waals surface area contributed by atoms with E-state index < -0.39 is 0 Å². The second kappa shape index (κ2) is 10.3. The van der Waals surface area contributed by atoms with Gasteiger partial charge in [0.1, 0.15) is 11.3 Å². The Labute approximate surface area is 211 Å². The molecule has 2 saturated heterocycles. The molecule has 0 atom stereocenters. The molecule has 0 spiro atoms. The van der Waals surface area contributed by atoms with E-state index in [2.05, 4.69) is 20.1 Å². The van der Waals surface area contributed by atoms with Crippen LogP contribution in [-0.2, 0) is 4.79 Å². The number of benzene rings is 1. The molecule has 1 amide bonds. The van der Waals surface area contributed by atoms with Gasteiger partial charge in [-0.15, -0.1) is 0 Å². The number of nitrogens with zero attached hydrogens (tertiary/aromatic N) is 7. The molecule has 0 radical (unpaired) electrons. The first kappa shape index (κ1) is 24.8. The molecule has 0 aliphatic carbocycles. The van der Waals surface area contributed by atoms with Crippen LogP contribution in [0, 0.1) is 5.82 Å². The summed E-state index contributed by atoms with van der Waals surface area (Å²) in [7, 11) is 3.86. The number of hydrogen-bond donors (Lipinski definition) is 0. The topological polar surface area (TPSA) is 83.5 Å². The molecule has 0 unspecified atom stereocenters. The fourth-order valence-electron chi connectivity index (χ4n) is 5.56. The third kappa shape index (κ3) is 4.88. The first-order chi connectivity index (χ1) is 17.3. The highest BCUT2D eigenvalue weighted by atomic mass is 19.1. The molecule has 2 aliphatic heterocycles. The van der Waals surface area contributed by atoms with E-state index in [9.17, 15) is 9.18 Å². The van der Waals surface area contributed by atoms with Crippen molar-refractivity contribution in [2.24, 2.45) is 0 Å². The highest BCUT2D eigenvalue weighted by Crippen LogP contribution is 2.32. The lowest BCUT2D eigenvalue weighted by Gasteiger charge is -2.41. The summed E-state index contributed by atoms with van der Waals surface area (Å²) in [6.07, 6.45) is 3.91. The zero-order valence-corrected chi connectivity index (χ0v) is 21.7. The van der Waals surface area contributed by atoms with Gasteiger partial charge in [0.25, 0.3) is 5.95 Å². The Kier molecular flexibility index (Phi) is 7.07. The van der Waals surface area contributed by atoms with Crippen molar-refractivity contribution in [2.75, 3.05) is 46.8 Å². The number of likely N-dealkylation sites (tertiary alicyclic amines) is 2. The lowest BCUT2D eigenvalue weighted by atomic mass is 9.93. The van der Waals surface area contributed by atoms with E-state index in [1.165, 1.54) is 10.7 Å². The average Bonchev–Trinajstić information content (AvgIpc) is 3.50. The summed E-state index contributed by atoms with van der Waals surface area (Å²) in [5.74, 6) is 1.07. The van der Waals surface area contributed by atoms with E-state index in [4.69, 9.17) is 4.52 Å². The van der Waals surface area contributed by atoms with Gasteiger partial charge in [-0.3, -0.25) is 4.79 Å². The molecule has 5 rings (SSSR count). The molecule has 2 fully saturated rings. The molecule has 9 nitrogen and oxygen atoms in total. The van der Waals surface area contributed by atoms with Crippen molar-refractivity contribution >= 4 is 16.8 Å². The quantitative estimate of drug-likeness (QED) is 0.516. The van der Waals surface area contributed by atoms with Gasteiger partial charge >= 0.3 is 0 Å². The normalized spacial score (nSPS) is 18.7. The number of likely N-dealkylation sites (N-methyl/N-ethyl adjacent to an activating group) is 1. The van der Waals surface area contributed by atoms with Gasteiger partial charge in [0, 0.05) is 30.4 Å². The molecule has 2 aromatic heterocycles. The third-order valence-corrected chi connectivity index (χ3v) is 7.51. The minimum absolute atomic E-state index is 0.143. The number of carbonyl (C=O) groups is 1. The molecule has 1 aromatic carbocycles. The number of rotatable bonds is 6. The minimum atomic E-state index is -0.346. The van der Waals surface area contributed by atoms with Gasteiger partial charge in [-0.25, -0.2) is 4.39 Å². The van der Waals surface area contributed by atoms with Crippen LogP contribution in [0.1, 0.15) is 63.0 Å². The fraction of sp³-hybridized carbons (Fsp3) is 0.615. The molecular formula is C26H36FN7O2. The van der Waals surface area contributed by atoms with Gasteiger partial charge in [-0.1, -0.05) is 26.0 Å². The molecular weight excluding hydrogens is 461 g/mol. The maximum atomic E-state index is 14.7. The Hall–Kier alpha value is -2.85. The molecule has 0 bridgehead atoms. The first-order valence-electron chi connectivity index (χ1n) is 13.0. The minimum Gasteiger partial charge on any atom is -0.341 e. The number of hydrogen-bond acceptors (Lipinski definition) is 7. The number of para-hydroxylation sites is 1. The smallest absolute Gasteiger partial charge is 0.291 e. The summed E-state index contributed by atoms with van der Waals surface area (Å²) in [4.78, 5) is 23.5. The van der Waals surface area contributed by atoms with Crippen LogP contribution in [0.4, 0.5) is 4.39 Å². The maximum absolute atomic E-state index is 14.7. The zero-order valence-electron chi connectivity index (χ0n) is 21.7. The van der Waals surface area contributed by atoms with Crippen LogP contribution < -0.4 is 0 Å². The van der Waals surface area contributed by atoms with E-state index in [-0.39, 0.29) is 29.5 Å². The van der Waals surface area contributed by atoms with Crippen LogP contribution in [0.2, 0.25) is 0 Å². The Morgan fingerprint density at radius 3 is 2.53 bits per heavy atom. The molecule has 4 heterocycles. The van der Waals surface area contributed by atoms with Gasteiger partial charge in [0.2, 0.25) is 11.8 Å². The highest BCUT2D eigenvalue weighted by molar-refractivity contribution is 5.84. The van der Waals surface area contributed by atoms with Crippen molar-refractivity contribution in [3.05, 3.63) is 35.6 Å². The molecule has 0 saturated carbocycles. The van der Waals surface area contributed by atoms with Crippen molar-refractivity contribution in [1.29, 1.82) is 0 Å². The maximum Gasteiger partial charge on any atom is 0.291 e. The van der Waals surface area contributed by atoms with Crippen molar-refractivity contribution in [3.63, 3.8) is 0 Å². The fourth-order valence-corrected chi connectivity index (χ4v) is 5.56. The summed E-state index contributed by atoms with van der Waals surface area (Å²) in [6, 6.07) is 5.54. The second-order valence-corrected chi connectivity index (χ2v) is 10.7. The van der Waals surface area contributed by atoms with Gasteiger partial charge in [-0.2, -0.15) is 14.8 Å². The van der Waals surface area contributed by atoms with Gasteiger partial charge < -0.3 is 19.2 Å². The van der Waals surface area contributed by atoms with Crippen LogP contribution in [0.25, 0.3) is 16.9 Å². The summed E-state index contributed by atoms with van der Waals surface area (Å²) < 4.78 is 21.9. The van der Waals surface area contributed by atoms with Crippen LogP contribution in [0.3, 0.4) is 0 Å². The van der Waals surface area contributed by atoms with Crippen LogP contribution in [0.15, 0.2) is 22.7 Å². The Morgan fingerprint density at radius 1 is 1.14 bits per heavy atom. The zero-order chi connectivity index (χ0) is 25.4. The Bertz CT molecular complexity index is 1200. The number of piperidine rings is 2. The van der Waals surface area contributed by atoms with Gasteiger partial charge in [0.05, 0.1) is 12.2 Å². The molecule has 36 heavy (non-hydrogen) atoms. The summed E-state index contributed by atoms with van der Waals surface area (Å²) >= 11 is 0. The molecule has 194 valence electrons. The van der Waals surface area contributed by atoms with Gasteiger partial charge in [-0.05, 0) is 70.0 Å². The number of carbonyl (C=O) groups excluding carboxylic acids is 1. The van der Waals surface area contributed by atoms with Crippen LogP contribution in [-0.4, -0.2) is 93.4 Å². The predicted octanol–water partition coefficient (Wildman–Crippen LogP) is 3.40. The van der Waals surface area contributed by atoms with E-state index in [1.807, 2.05) is 43.8 Å². The highest BCUT2D eigenvalue weighted by Gasteiger charge is 2.32. The predicted molar refractivity (Wildman–Crippen MR) is 135 cm³/mol.